The first-order valence-corrected chi connectivity index (χ1v) is 18.8. The van der Waals surface area contributed by atoms with E-state index in [2.05, 4.69) is 180 Å². The lowest BCUT2D eigenvalue weighted by molar-refractivity contribution is 0.668. The number of hydrogen-bond donors (Lipinski definition) is 1. The molecule has 2 heterocycles. The van der Waals surface area contributed by atoms with Crippen LogP contribution in [0.4, 0.5) is 0 Å². The molecule has 258 valence electrons. The van der Waals surface area contributed by atoms with Gasteiger partial charge < -0.3 is 5.32 Å². The molecule has 0 radical (unpaired) electrons. The van der Waals surface area contributed by atoms with E-state index in [-0.39, 0.29) is 6.17 Å². The molecule has 9 aromatic carbocycles. The fraction of sp³-hybridized carbons (Fsp3) is 0.0196. The van der Waals surface area contributed by atoms with Crippen LogP contribution in [0.15, 0.2) is 204 Å². The van der Waals surface area contributed by atoms with Gasteiger partial charge in [0.25, 0.3) is 0 Å². The number of aromatic nitrogens is 1. The molecule has 4 nitrogen and oxygen atoms in total. The largest absolute Gasteiger partial charge is 0.344 e. The Morgan fingerprint density at radius 2 is 1.05 bits per heavy atom. The second kappa shape index (κ2) is 12.7. The maximum absolute atomic E-state index is 5.25. The van der Waals surface area contributed by atoms with E-state index in [9.17, 15) is 0 Å². The smallest absolute Gasteiger partial charge is 0.234 e. The molecule has 4 heteroatoms. The molecular formula is C51H34N4. The summed E-state index contributed by atoms with van der Waals surface area (Å²) >= 11 is 0. The van der Waals surface area contributed by atoms with Crippen LogP contribution in [0.2, 0.25) is 0 Å². The topological polar surface area (TPSA) is 41.7 Å². The molecule has 0 saturated heterocycles. The number of hydrogen-bond acceptors (Lipinski definition) is 3. The van der Waals surface area contributed by atoms with Gasteiger partial charge >= 0.3 is 0 Å². The van der Waals surface area contributed by atoms with Crippen molar-refractivity contribution in [3.8, 4) is 22.3 Å². The standard InChI is InChI=1S/C51H34N4/c1-3-13-34(14-4-1)49-52-50(35-15-5-2-6-16-35)54-51(53-49)55-46-21-10-9-19-45(46)48-44-28-26-39(32-41(44)27-29-47(48)55)36-22-23-38-31-40(25-24-37(38)30-36)43-20-11-17-33-12-7-8-18-42(33)43/h1-32,49H,(H,52,53,54). The summed E-state index contributed by atoms with van der Waals surface area (Å²) in [5, 5.41) is 13.4. The van der Waals surface area contributed by atoms with Gasteiger partial charge in [-0.15, -0.1) is 0 Å². The lowest BCUT2D eigenvalue weighted by Crippen LogP contribution is -2.35. The highest BCUT2D eigenvalue weighted by Crippen LogP contribution is 2.38. The molecule has 1 atom stereocenters. The van der Waals surface area contributed by atoms with E-state index in [0.717, 1.165) is 28.0 Å². The van der Waals surface area contributed by atoms with Crippen molar-refractivity contribution in [2.24, 2.45) is 9.98 Å². The van der Waals surface area contributed by atoms with Crippen molar-refractivity contribution < 1.29 is 0 Å². The van der Waals surface area contributed by atoms with Gasteiger partial charge in [-0.3, -0.25) is 4.57 Å². The second-order valence-electron chi connectivity index (χ2n) is 14.3. The van der Waals surface area contributed by atoms with Crippen LogP contribution >= 0.6 is 0 Å². The second-order valence-corrected chi connectivity index (χ2v) is 14.3. The summed E-state index contributed by atoms with van der Waals surface area (Å²) in [5.41, 5.74) is 9.16. The highest BCUT2D eigenvalue weighted by atomic mass is 15.3. The molecule has 1 N–H and O–H groups in total. The van der Waals surface area contributed by atoms with E-state index >= 15 is 0 Å². The first kappa shape index (κ1) is 31.2. The lowest BCUT2D eigenvalue weighted by atomic mass is 9.94. The molecule has 0 spiro atoms. The maximum atomic E-state index is 5.25. The average molecular weight is 703 g/mol. The Morgan fingerprint density at radius 3 is 1.89 bits per heavy atom. The van der Waals surface area contributed by atoms with Crippen LogP contribution in [0.1, 0.15) is 17.3 Å². The van der Waals surface area contributed by atoms with Crippen LogP contribution in [0.5, 0.6) is 0 Å². The van der Waals surface area contributed by atoms with Crippen LogP contribution in [0, 0.1) is 0 Å². The van der Waals surface area contributed by atoms with E-state index in [0.29, 0.717) is 5.96 Å². The van der Waals surface area contributed by atoms with E-state index in [1.54, 1.807) is 0 Å². The van der Waals surface area contributed by atoms with Gasteiger partial charge in [0, 0.05) is 16.3 Å². The Kier molecular flexibility index (Phi) is 7.20. The summed E-state index contributed by atoms with van der Waals surface area (Å²) in [4.78, 5) is 10.4. The number of benzene rings is 9. The summed E-state index contributed by atoms with van der Waals surface area (Å²) < 4.78 is 2.23. The third-order valence-corrected chi connectivity index (χ3v) is 11.0. The van der Waals surface area contributed by atoms with Gasteiger partial charge in [0.2, 0.25) is 5.96 Å². The quantitative estimate of drug-likeness (QED) is 0.195. The van der Waals surface area contributed by atoms with E-state index < -0.39 is 0 Å². The van der Waals surface area contributed by atoms with Gasteiger partial charge in [0.05, 0.1) is 11.0 Å². The zero-order valence-corrected chi connectivity index (χ0v) is 29.9. The number of rotatable bonds is 4. The van der Waals surface area contributed by atoms with Crippen LogP contribution in [-0.2, 0) is 0 Å². The third kappa shape index (κ3) is 5.30. The molecule has 0 bridgehead atoms. The van der Waals surface area contributed by atoms with Gasteiger partial charge in [-0.1, -0.05) is 164 Å². The molecule has 1 aliphatic heterocycles. The molecule has 0 aliphatic carbocycles. The van der Waals surface area contributed by atoms with Gasteiger partial charge in [-0.05, 0) is 90.5 Å². The Bertz CT molecular complexity index is 3170. The van der Waals surface area contributed by atoms with Crippen LogP contribution < -0.4 is 5.32 Å². The van der Waals surface area contributed by atoms with Crippen LogP contribution in [0.3, 0.4) is 0 Å². The van der Waals surface area contributed by atoms with E-state index in [4.69, 9.17) is 9.98 Å². The Morgan fingerprint density at radius 1 is 0.418 bits per heavy atom. The minimum absolute atomic E-state index is 0.283. The Labute approximate surface area is 318 Å². The first-order chi connectivity index (χ1) is 27.2. The number of fused-ring (bicyclic) bond motifs is 7. The Balaban J connectivity index is 1.02. The molecule has 55 heavy (non-hydrogen) atoms. The molecule has 10 aromatic rings. The van der Waals surface area contributed by atoms with Crippen LogP contribution in [0.25, 0.3) is 76.4 Å². The van der Waals surface area contributed by atoms with Crippen LogP contribution in [-0.4, -0.2) is 16.4 Å². The molecule has 1 aliphatic rings. The number of nitrogens with one attached hydrogen (secondary N) is 1. The van der Waals surface area contributed by atoms with Crippen molar-refractivity contribution >= 4 is 65.9 Å². The minimum Gasteiger partial charge on any atom is -0.344 e. The molecular weight excluding hydrogens is 669 g/mol. The fourth-order valence-corrected chi connectivity index (χ4v) is 8.35. The zero-order chi connectivity index (χ0) is 36.3. The summed E-state index contributed by atoms with van der Waals surface area (Å²) in [7, 11) is 0. The number of amidine groups is 1. The molecule has 1 aromatic heterocycles. The van der Waals surface area contributed by atoms with E-state index in [1.807, 2.05) is 24.3 Å². The van der Waals surface area contributed by atoms with Crippen molar-refractivity contribution in [2.45, 2.75) is 6.17 Å². The molecule has 1 unspecified atom stereocenters. The maximum Gasteiger partial charge on any atom is 0.234 e. The Hall–Kier alpha value is -7.30. The normalized spacial score (nSPS) is 14.4. The molecule has 0 fully saturated rings. The minimum atomic E-state index is -0.283. The molecule has 0 amide bonds. The van der Waals surface area contributed by atoms with Crippen molar-refractivity contribution in [3.63, 3.8) is 0 Å². The number of para-hydroxylation sites is 1. The number of aliphatic imine (C=N–C) groups is 2. The summed E-state index contributed by atoms with van der Waals surface area (Å²) in [5.74, 6) is 1.46. The fourth-order valence-electron chi connectivity index (χ4n) is 8.35. The predicted molar refractivity (Wildman–Crippen MR) is 231 cm³/mol. The van der Waals surface area contributed by atoms with Gasteiger partial charge in [-0.2, -0.15) is 4.99 Å². The lowest BCUT2D eigenvalue weighted by Gasteiger charge is -2.24. The zero-order valence-electron chi connectivity index (χ0n) is 29.9. The van der Waals surface area contributed by atoms with Crippen molar-refractivity contribution in [1.82, 2.24) is 9.88 Å². The predicted octanol–water partition coefficient (Wildman–Crippen LogP) is 12.5. The molecule has 11 rings (SSSR count). The van der Waals surface area contributed by atoms with E-state index in [1.165, 1.54) is 65.3 Å². The highest BCUT2D eigenvalue weighted by Gasteiger charge is 2.24. The summed E-state index contributed by atoms with van der Waals surface area (Å²) in [6, 6.07) is 69.4. The summed E-state index contributed by atoms with van der Waals surface area (Å²) in [6.45, 7) is 0. The van der Waals surface area contributed by atoms with Crippen molar-refractivity contribution in [3.05, 3.63) is 205 Å². The number of nitrogens with zero attached hydrogens (tertiary/aromatic N) is 3. The van der Waals surface area contributed by atoms with Crippen molar-refractivity contribution in [2.75, 3.05) is 0 Å². The van der Waals surface area contributed by atoms with Gasteiger partial charge in [-0.25, -0.2) is 4.99 Å². The molecule has 0 saturated carbocycles. The van der Waals surface area contributed by atoms with Gasteiger partial charge in [0.15, 0.2) is 0 Å². The SMILES string of the molecule is c1ccc(C2=NC(n3c4ccccc4c4c5ccc(-c6ccc7cc(-c8cccc9ccccc89)ccc7c6)cc5ccc43)=NC(c3ccccc3)N2)cc1. The van der Waals surface area contributed by atoms with Crippen molar-refractivity contribution in [1.29, 1.82) is 0 Å². The monoisotopic (exact) mass is 702 g/mol. The highest BCUT2D eigenvalue weighted by molar-refractivity contribution is 6.24. The third-order valence-electron chi connectivity index (χ3n) is 11.0. The average Bonchev–Trinajstić information content (AvgIpc) is 3.61. The van der Waals surface area contributed by atoms with Gasteiger partial charge in [0.1, 0.15) is 12.0 Å². The first-order valence-electron chi connectivity index (χ1n) is 18.8. The summed E-state index contributed by atoms with van der Waals surface area (Å²) in [6.07, 6.45) is -0.283.